The van der Waals surface area contributed by atoms with E-state index in [1.807, 2.05) is 17.6 Å². The number of pyridine rings is 1. The van der Waals surface area contributed by atoms with Crippen LogP contribution in [0, 0.1) is 0 Å². The van der Waals surface area contributed by atoms with Crippen molar-refractivity contribution < 1.29 is 13.5 Å². The van der Waals surface area contributed by atoms with Gasteiger partial charge in [-0.2, -0.15) is 8.78 Å². The molecule has 6 heteroatoms. The number of hydrogen-bond donors (Lipinski definition) is 0. The van der Waals surface area contributed by atoms with Crippen LogP contribution in [-0.2, 0) is 0 Å². The lowest BCUT2D eigenvalue weighted by atomic mass is 10.00. The molecule has 0 aliphatic rings. The number of alkyl halides is 2. The topological polar surface area (TPSA) is 35.0 Å². The van der Waals surface area contributed by atoms with Gasteiger partial charge in [0.15, 0.2) is 0 Å². The Balaban J connectivity index is 1.89. The van der Waals surface area contributed by atoms with E-state index in [1.165, 1.54) is 17.7 Å². The van der Waals surface area contributed by atoms with Crippen molar-refractivity contribution in [1.29, 1.82) is 0 Å². The summed E-state index contributed by atoms with van der Waals surface area (Å²) in [6.07, 6.45) is 3.62. The van der Waals surface area contributed by atoms with Gasteiger partial charge in [-0.25, -0.2) is 4.98 Å². The van der Waals surface area contributed by atoms with Crippen molar-refractivity contribution in [3.05, 3.63) is 53.7 Å². The molecule has 0 saturated carbocycles. The van der Waals surface area contributed by atoms with Gasteiger partial charge >= 0.3 is 6.61 Å². The quantitative estimate of drug-likeness (QED) is 0.603. The largest absolute Gasteiger partial charge is 0.435 e. The predicted molar refractivity (Wildman–Crippen MR) is 91.5 cm³/mol. The van der Waals surface area contributed by atoms with Crippen LogP contribution >= 0.6 is 11.3 Å². The van der Waals surface area contributed by atoms with Crippen LogP contribution in [0.4, 0.5) is 8.78 Å². The summed E-state index contributed by atoms with van der Waals surface area (Å²) in [6, 6.07) is 8.50. The monoisotopic (exact) mass is 346 g/mol. The van der Waals surface area contributed by atoms with Crippen molar-refractivity contribution in [2.75, 3.05) is 0 Å². The molecule has 124 valence electrons. The Labute approximate surface area is 143 Å². The van der Waals surface area contributed by atoms with Gasteiger partial charge in [-0.1, -0.05) is 13.8 Å². The second kappa shape index (κ2) is 7.05. The summed E-state index contributed by atoms with van der Waals surface area (Å²) in [7, 11) is 0. The minimum absolute atomic E-state index is 0.138. The summed E-state index contributed by atoms with van der Waals surface area (Å²) in [4.78, 5) is 8.88. The van der Waals surface area contributed by atoms with E-state index in [0.717, 1.165) is 21.8 Å². The van der Waals surface area contributed by atoms with E-state index < -0.39 is 6.61 Å². The molecule has 0 N–H and O–H groups in total. The minimum Gasteiger partial charge on any atom is -0.435 e. The number of rotatable bonds is 5. The summed E-state index contributed by atoms with van der Waals surface area (Å²) < 4.78 is 28.8. The van der Waals surface area contributed by atoms with E-state index in [2.05, 4.69) is 28.6 Å². The first-order valence-corrected chi connectivity index (χ1v) is 8.37. The van der Waals surface area contributed by atoms with Crippen LogP contribution < -0.4 is 4.74 Å². The molecule has 0 aliphatic carbocycles. The molecule has 3 nitrogen and oxygen atoms in total. The van der Waals surface area contributed by atoms with E-state index in [-0.39, 0.29) is 5.75 Å². The van der Waals surface area contributed by atoms with Crippen LogP contribution in [0.1, 0.15) is 25.3 Å². The molecule has 0 radical (unpaired) electrons. The number of halogens is 2. The van der Waals surface area contributed by atoms with Gasteiger partial charge in [-0.3, -0.25) is 4.98 Å². The van der Waals surface area contributed by atoms with Gasteiger partial charge in [0, 0.05) is 28.9 Å². The number of aromatic nitrogens is 2. The molecule has 0 unspecified atom stereocenters. The van der Waals surface area contributed by atoms with Crippen molar-refractivity contribution in [3.8, 4) is 27.6 Å². The zero-order chi connectivity index (χ0) is 17.1. The lowest BCUT2D eigenvalue weighted by Crippen LogP contribution is -2.01. The second-order valence-corrected chi connectivity index (χ2v) is 6.42. The molecule has 0 fully saturated rings. The van der Waals surface area contributed by atoms with Gasteiger partial charge in [0.05, 0.1) is 5.69 Å². The Morgan fingerprint density at radius 3 is 2.50 bits per heavy atom. The Morgan fingerprint density at radius 1 is 1.08 bits per heavy atom. The van der Waals surface area contributed by atoms with Gasteiger partial charge < -0.3 is 4.74 Å². The highest BCUT2D eigenvalue weighted by molar-refractivity contribution is 7.13. The SMILES string of the molecule is CC(C)c1ccncc1-c1nc(-c2ccc(OC(F)F)cc2)cs1. The third-order valence-electron chi connectivity index (χ3n) is 3.59. The van der Waals surface area contributed by atoms with Gasteiger partial charge in [0.1, 0.15) is 10.8 Å². The van der Waals surface area contributed by atoms with Gasteiger partial charge in [0.2, 0.25) is 0 Å². The standard InChI is InChI=1S/C18H16F2N2OS/c1-11(2)14-7-8-21-9-15(14)17-22-16(10-24-17)12-3-5-13(6-4-12)23-18(19)20/h3-11,18H,1-2H3. The van der Waals surface area contributed by atoms with Crippen LogP contribution in [0.5, 0.6) is 5.75 Å². The number of hydrogen-bond acceptors (Lipinski definition) is 4. The number of nitrogens with zero attached hydrogens (tertiary/aromatic N) is 2. The van der Waals surface area contributed by atoms with E-state index in [0.29, 0.717) is 5.92 Å². The molecule has 2 aromatic heterocycles. The number of thiazole rings is 1. The summed E-state index contributed by atoms with van der Waals surface area (Å²) in [5.74, 6) is 0.514. The first kappa shape index (κ1) is 16.5. The highest BCUT2D eigenvalue weighted by atomic mass is 32.1. The fourth-order valence-corrected chi connectivity index (χ4v) is 3.29. The van der Waals surface area contributed by atoms with Gasteiger partial charge in [-0.15, -0.1) is 11.3 Å². The van der Waals surface area contributed by atoms with Gasteiger partial charge in [-0.05, 0) is 41.8 Å². The van der Waals surface area contributed by atoms with Crippen molar-refractivity contribution >= 4 is 11.3 Å². The van der Waals surface area contributed by atoms with Gasteiger partial charge in [0.25, 0.3) is 0 Å². The number of benzene rings is 1. The van der Waals surface area contributed by atoms with E-state index in [1.54, 1.807) is 29.7 Å². The fraction of sp³-hybridized carbons (Fsp3) is 0.222. The smallest absolute Gasteiger partial charge is 0.387 e. The molecule has 0 atom stereocenters. The summed E-state index contributed by atoms with van der Waals surface area (Å²) >= 11 is 1.54. The van der Waals surface area contributed by atoms with Crippen molar-refractivity contribution in [1.82, 2.24) is 9.97 Å². The average Bonchev–Trinajstić information content (AvgIpc) is 3.05. The zero-order valence-corrected chi connectivity index (χ0v) is 14.1. The summed E-state index contributed by atoms with van der Waals surface area (Å²) in [6.45, 7) is 1.45. The summed E-state index contributed by atoms with van der Waals surface area (Å²) in [5, 5.41) is 2.85. The Morgan fingerprint density at radius 2 is 1.83 bits per heavy atom. The molecule has 0 aliphatic heterocycles. The molecule has 0 saturated heterocycles. The molecule has 3 aromatic rings. The van der Waals surface area contributed by atoms with Crippen molar-refractivity contribution in [3.63, 3.8) is 0 Å². The van der Waals surface area contributed by atoms with Crippen LogP contribution in [0.25, 0.3) is 21.8 Å². The lowest BCUT2D eigenvalue weighted by Gasteiger charge is -2.09. The molecule has 0 amide bonds. The number of ether oxygens (including phenoxy) is 1. The molecule has 3 rings (SSSR count). The first-order valence-electron chi connectivity index (χ1n) is 7.49. The average molecular weight is 346 g/mol. The molecule has 2 heterocycles. The third kappa shape index (κ3) is 3.59. The Kier molecular flexibility index (Phi) is 4.85. The van der Waals surface area contributed by atoms with E-state index in [4.69, 9.17) is 0 Å². The third-order valence-corrected chi connectivity index (χ3v) is 4.46. The molecule has 1 aromatic carbocycles. The normalized spacial score (nSPS) is 11.2. The maximum Gasteiger partial charge on any atom is 0.387 e. The van der Waals surface area contributed by atoms with Crippen LogP contribution in [0.3, 0.4) is 0 Å². The van der Waals surface area contributed by atoms with Crippen molar-refractivity contribution in [2.45, 2.75) is 26.4 Å². The molecule has 24 heavy (non-hydrogen) atoms. The molecular weight excluding hydrogens is 330 g/mol. The minimum atomic E-state index is -2.82. The van der Waals surface area contributed by atoms with Crippen LogP contribution in [0.15, 0.2) is 48.1 Å². The van der Waals surface area contributed by atoms with Crippen molar-refractivity contribution in [2.24, 2.45) is 0 Å². The predicted octanol–water partition coefficient (Wildman–Crippen LogP) is 5.60. The lowest BCUT2D eigenvalue weighted by molar-refractivity contribution is -0.0498. The Hall–Kier alpha value is -2.34. The van der Waals surface area contributed by atoms with Crippen LogP contribution in [-0.4, -0.2) is 16.6 Å². The zero-order valence-electron chi connectivity index (χ0n) is 13.2. The van der Waals surface area contributed by atoms with E-state index in [9.17, 15) is 8.78 Å². The summed E-state index contributed by atoms with van der Waals surface area (Å²) in [5.41, 5.74) is 3.89. The molecular formula is C18H16F2N2OS. The molecule has 0 spiro atoms. The highest BCUT2D eigenvalue weighted by Crippen LogP contribution is 2.33. The Bertz CT molecular complexity index is 816. The second-order valence-electron chi connectivity index (χ2n) is 5.56. The maximum atomic E-state index is 12.2. The van der Waals surface area contributed by atoms with E-state index >= 15 is 0 Å². The maximum absolute atomic E-state index is 12.2. The highest BCUT2D eigenvalue weighted by Gasteiger charge is 2.13. The first-order chi connectivity index (χ1) is 11.5. The van der Waals surface area contributed by atoms with Crippen LogP contribution in [0.2, 0.25) is 0 Å². The fourth-order valence-electron chi connectivity index (χ4n) is 2.42. The molecule has 0 bridgehead atoms.